The maximum atomic E-state index is 11.4. The van der Waals surface area contributed by atoms with Crippen LogP contribution >= 0.6 is 0 Å². The summed E-state index contributed by atoms with van der Waals surface area (Å²) in [4.78, 5) is 24.3. The van der Waals surface area contributed by atoms with Crippen molar-refractivity contribution in [2.24, 2.45) is 0 Å². The lowest BCUT2D eigenvalue weighted by atomic mass is 10.0. The summed E-state index contributed by atoms with van der Waals surface area (Å²) >= 11 is 0. The molecule has 7 heteroatoms. The first-order valence-electron chi connectivity index (χ1n) is 6.41. The van der Waals surface area contributed by atoms with E-state index in [1.807, 2.05) is 4.90 Å². The van der Waals surface area contributed by atoms with Crippen LogP contribution in [0, 0.1) is 0 Å². The number of carbonyl (C=O) groups is 2. The van der Waals surface area contributed by atoms with Gasteiger partial charge >= 0.3 is 5.97 Å². The van der Waals surface area contributed by atoms with E-state index in [4.69, 9.17) is 9.47 Å². The SMILES string of the molecule is COC1(OC)CN(c2ccc(NC(C)=O)cc2C(=O)O)C1. The zero-order chi connectivity index (χ0) is 15.6. The molecule has 0 saturated carbocycles. The molecule has 0 spiro atoms. The normalized spacial score (nSPS) is 16.2. The first-order chi connectivity index (χ1) is 9.90. The van der Waals surface area contributed by atoms with Gasteiger partial charge in [0.25, 0.3) is 0 Å². The molecular weight excluding hydrogens is 276 g/mol. The number of amides is 1. The van der Waals surface area contributed by atoms with Crippen LogP contribution in [0.4, 0.5) is 11.4 Å². The number of carboxylic acid groups (broad SMARTS) is 1. The summed E-state index contributed by atoms with van der Waals surface area (Å²) < 4.78 is 10.6. The third kappa shape index (κ3) is 2.98. The summed E-state index contributed by atoms with van der Waals surface area (Å²) in [5, 5.41) is 11.9. The van der Waals surface area contributed by atoms with Crippen molar-refractivity contribution in [3.8, 4) is 0 Å². The Kier molecular flexibility index (Phi) is 4.15. The second-order valence-electron chi connectivity index (χ2n) is 4.89. The molecule has 0 aliphatic carbocycles. The highest BCUT2D eigenvalue weighted by Crippen LogP contribution is 2.34. The number of hydrogen-bond donors (Lipinski definition) is 2. The molecule has 1 aromatic rings. The number of aromatic carboxylic acids is 1. The van der Waals surface area contributed by atoms with E-state index in [0.29, 0.717) is 24.5 Å². The Labute approximate surface area is 122 Å². The van der Waals surface area contributed by atoms with Gasteiger partial charge in [0.1, 0.15) is 0 Å². The zero-order valence-corrected chi connectivity index (χ0v) is 12.2. The average Bonchev–Trinajstić information content (AvgIpc) is 2.39. The van der Waals surface area contributed by atoms with Crippen LogP contribution in [0.15, 0.2) is 18.2 Å². The lowest BCUT2D eigenvalue weighted by Gasteiger charge is -2.49. The number of rotatable bonds is 5. The lowest BCUT2D eigenvalue weighted by molar-refractivity contribution is -0.219. The molecule has 1 saturated heterocycles. The van der Waals surface area contributed by atoms with Crippen molar-refractivity contribution < 1.29 is 24.2 Å². The predicted molar refractivity (Wildman–Crippen MR) is 76.7 cm³/mol. The fourth-order valence-electron chi connectivity index (χ4n) is 2.31. The molecule has 1 aliphatic heterocycles. The molecular formula is C14H18N2O5. The fourth-order valence-corrected chi connectivity index (χ4v) is 2.31. The van der Waals surface area contributed by atoms with E-state index in [-0.39, 0.29) is 11.5 Å². The summed E-state index contributed by atoms with van der Waals surface area (Å²) in [7, 11) is 3.11. The number of methoxy groups -OCH3 is 2. The van der Waals surface area contributed by atoms with E-state index in [0.717, 1.165) is 0 Å². The van der Waals surface area contributed by atoms with Crippen molar-refractivity contribution in [3.63, 3.8) is 0 Å². The highest BCUT2D eigenvalue weighted by Gasteiger charge is 2.44. The van der Waals surface area contributed by atoms with Crippen LogP contribution in [-0.2, 0) is 14.3 Å². The molecule has 2 N–H and O–H groups in total. The maximum Gasteiger partial charge on any atom is 0.337 e. The monoisotopic (exact) mass is 294 g/mol. The second kappa shape index (κ2) is 5.71. The predicted octanol–water partition coefficient (Wildman–Crippen LogP) is 1.15. The van der Waals surface area contributed by atoms with Gasteiger partial charge in [-0.3, -0.25) is 4.79 Å². The zero-order valence-electron chi connectivity index (χ0n) is 12.2. The highest BCUT2D eigenvalue weighted by molar-refractivity contribution is 5.98. The quantitative estimate of drug-likeness (QED) is 0.792. The Balaban J connectivity index is 2.25. The van der Waals surface area contributed by atoms with Crippen molar-refractivity contribution >= 4 is 23.3 Å². The molecule has 21 heavy (non-hydrogen) atoms. The van der Waals surface area contributed by atoms with Gasteiger partial charge < -0.3 is 24.8 Å². The summed E-state index contributed by atoms with van der Waals surface area (Å²) in [5.41, 5.74) is 1.15. The lowest BCUT2D eigenvalue weighted by Crippen LogP contribution is -2.64. The fraction of sp³-hybridized carbons (Fsp3) is 0.429. The summed E-state index contributed by atoms with van der Waals surface area (Å²) in [6.07, 6.45) is 0. The molecule has 0 atom stereocenters. The van der Waals surface area contributed by atoms with Gasteiger partial charge in [-0.1, -0.05) is 0 Å². The van der Waals surface area contributed by atoms with Crippen molar-refractivity contribution in [2.45, 2.75) is 12.7 Å². The molecule has 1 fully saturated rings. The smallest absolute Gasteiger partial charge is 0.337 e. The number of nitrogens with zero attached hydrogens (tertiary/aromatic N) is 1. The number of ether oxygens (including phenoxy) is 2. The maximum absolute atomic E-state index is 11.4. The van der Waals surface area contributed by atoms with Gasteiger partial charge in [-0.15, -0.1) is 0 Å². The summed E-state index contributed by atoms with van der Waals surface area (Å²) in [6, 6.07) is 4.78. The third-order valence-corrected chi connectivity index (χ3v) is 3.50. The van der Waals surface area contributed by atoms with Crippen LogP contribution in [0.3, 0.4) is 0 Å². The summed E-state index contributed by atoms with van der Waals surface area (Å²) in [6.45, 7) is 2.26. The van der Waals surface area contributed by atoms with Gasteiger partial charge in [0.15, 0.2) is 0 Å². The Morgan fingerprint density at radius 1 is 1.29 bits per heavy atom. The minimum absolute atomic E-state index is 0.127. The molecule has 1 amide bonds. The van der Waals surface area contributed by atoms with E-state index in [2.05, 4.69) is 5.32 Å². The molecule has 1 aliphatic rings. The van der Waals surface area contributed by atoms with E-state index >= 15 is 0 Å². The molecule has 0 bridgehead atoms. The van der Waals surface area contributed by atoms with Gasteiger partial charge in [-0.2, -0.15) is 0 Å². The second-order valence-corrected chi connectivity index (χ2v) is 4.89. The molecule has 7 nitrogen and oxygen atoms in total. The molecule has 1 heterocycles. The van der Waals surface area contributed by atoms with Crippen LogP contribution < -0.4 is 10.2 Å². The first kappa shape index (κ1) is 15.3. The van der Waals surface area contributed by atoms with Crippen LogP contribution in [0.25, 0.3) is 0 Å². The average molecular weight is 294 g/mol. The van der Waals surface area contributed by atoms with Crippen molar-refractivity contribution in [2.75, 3.05) is 37.5 Å². The van der Waals surface area contributed by atoms with Crippen LogP contribution in [0.1, 0.15) is 17.3 Å². The van der Waals surface area contributed by atoms with E-state index in [1.54, 1.807) is 26.4 Å². The molecule has 114 valence electrons. The molecule has 2 rings (SSSR count). The van der Waals surface area contributed by atoms with Gasteiger partial charge in [0.05, 0.1) is 24.3 Å². The van der Waals surface area contributed by atoms with Gasteiger partial charge in [-0.25, -0.2) is 4.79 Å². The number of benzene rings is 1. The van der Waals surface area contributed by atoms with Crippen LogP contribution in [0.5, 0.6) is 0 Å². The summed E-state index contributed by atoms with van der Waals surface area (Å²) in [5.74, 6) is -1.99. The number of carboxylic acids is 1. The largest absolute Gasteiger partial charge is 0.478 e. The van der Waals surface area contributed by atoms with Gasteiger partial charge in [-0.05, 0) is 18.2 Å². The molecule has 0 aromatic heterocycles. The Bertz CT molecular complexity index is 560. The number of nitrogens with one attached hydrogen (secondary N) is 1. The minimum atomic E-state index is -1.05. The minimum Gasteiger partial charge on any atom is -0.478 e. The van der Waals surface area contributed by atoms with Crippen LogP contribution in [0.2, 0.25) is 0 Å². The number of carbonyl (C=O) groups excluding carboxylic acids is 1. The van der Waals surface area contributed by atoms with Crippen molar-refractivity contribution in [1.82, 2.24) is 0 Å². The number of anilines is 2. The van der Waals surface area contributed by atoms with E-state index in [9.17, 15) is 14.7 Å². The van der Waals surface area contributed by atoms with E-state index < -0.39 is 11.8 Å². The van der Waals surface area contributed by atoms with Gasteiger partial charge in [0, 0.05) is 26.8 Å². The van der Waals surface area contributed by atoms with Crippen LogP contribution in [-0.4, -0.2) is 50.1 Å². The number of hydrogen-bond acceptors (Lipinski definition) is 5. The Hall–Kier alpha value is -2.12. The Morgan fingerprint density at radius 2 is 1.90 bits per heavy atom. The highest BCUT2D eigenvalue weighted by atomic mass is 16.7. The molecule has 1 aromatic carbocycles. The van der Waals surface area contributed by atoms with Crippen molar-refractivity contribution in [3.05, 3.63) is 23.8 Å². The third-order valence-electron chi connectivity index (χ3n) is 3.50. The van der Waals surface area contributed by atoms with E-state index in [1.165, 1.54) is 13.0 Å². The van der Waals surface area contributed by atoms with Gasteiger partial charge in [0.2, 0.25) is 11.7 Å². The molecule has 0 unspecified atom stereocenters. The Morgan fingerprint density at radius 3 is 2.38 bits per heavy atom. The topological polar surface area (TPSA) is 88.1 Å². The standard InChI is InChI=1S/C14H18N2O5/c1-9(17)15-10-4-5-12(11(6-10)13(18)19)16-7-14(8-16,20-2)21-3/h4-6H,7-8H2,1-3H3,(H,15,17)(H,18,19). The van der Waals surface area contributed by atoms with Crippen molar-refractivity contribution in [1.29, 1.82) is 0 Å². The first-order valence-corrected chi connectivity index (χ1v) is 6.41. The molecule has 0 radical (unpaired) electrons.